The number of anilines is 2. The maximum absolute atomic E-state index is 11.8. The molecule has 0 aliphatic heterocycles. The summed E-state index contributed by atoms with van der Waals surface area (Å²) < 4.78 is 4.88. The summed E-state index contributed by atoms with van der Waals surface area (Å²) in [6, 6.07) is 3.78. The lowest BCUT2D eigenvalue weighted by Gasteiger charge is -2.18. The summed E-state index contributed by atoms with van der Waals surface area (Å²) in [6.07, 6.45) is -0.903. The number of hydrogen-bond acceptors (Lipinski definition) is 6. The molecule has 26 heavy (non-hydrogen) atoms. The second-order valence-electron chi connectivity index (χ2n) is 6.16. The van der Waals surface area contributed by atoms with Crippen LogP contribution in [-0.2, 0) is 4.74 Å². The zero-order valence-corrected chi connectivity index (χ0v) is 16.6. The van der Waals surface area contributed by atoms with Crippen LogP contribution < -0.4 is 16.0 Å². The standard InChI is InChI=1S/C18H26N4O3S/c1-10-8-11(2)14(12(3)9-10)21-16(23)15-13(4)20-18(26-15)22-17(24)19-6-7-25-5/h8-9,16,21,23H,6-7H2,1-5H3,(H2,19,20,22,24)/t16-/m0/s1. The predicted molar refractivity (Wildman–Crippen MR) is 105 cm³/mol. The number of aliphatic hydroxyl groups is 1. The Kier molecular flexibility index (Phi) is 6.96. The molecule has 4 N–H and O–H groups in total. The van der Waals surface area contributed by atoms with E-state index in [0.29, 0.717) is 28.9 Å². The van der Waals surface area contributed by atoms with Crippen LogP contribution in [-0.4, -0.2) is 36.4 Å². The fourth-order valence-corrected chi connectivity index (χ4v) is 3.63. The van der Waals surface area contributed by atoms with Gasteiger partial charge in [-0.15, -0.1) is 0 Å². The number of hydrogen-bond donors (Lipinski definition) is 4. The molecule has 0 radical (unpaired) electrons. The fraction of sp³-hybridized carbons (Fsp3) is 0.444. The molecule has 1 aromatic heterocycles. The molecule has 0 unspecified atom stereocenters. The molecule has 2 rings (SSSR count). The van der Waals surface area contributed by atoms with Crippen molar-refractivity contribution in [3.05, 3.63) is 39.4 Å². The minimum absolute atomic E-state index is 0.352. The van der Waals surface area contributed by atoms with Gasteiger partial charge in [-0.1, -0.05) is 29.0 Å². The van der Waals surface area contributed by atoms with E-state index in [9.17, 15) is 9.90 Å². The van der Waals surface area contributed by atoms with Crippen molar-refractivity contribution in [3.63, 3.8) is 0 Å². The Labute approximate surface area is 157 Å². The summed E-state index contributed by atoms with van der Waals surface area (Å²) in [7, 11) is 1.57. The fourth-order valence-electron chi connectivity index (χ4n) is 2.73. The highest BCUT2D eigenvalue weighted by atomic mass is 32.1. The van der Waals surface area contributed by atoms with Crippen LogP contribution in [0, 0.1) is 27.7 Å². The number of carbonyl (C=O) groups is 1. The molecule has 0 aliphatic carbocycles. The Hall–Kier alpha value is -2.16. The van der Waals surface area contributed by atoms with E-state index in [1.54, 1.807) is 14.0 Å². The highest BCUT2D eigenvalue weighted by Crippen LogP contribution is 2.31. The Bertz CT molecular complexity index is 753. The molecule has 142 valence electrons. The largest absolute Gasteiger partial charge is 0.383 e. The van der Waals surface area contributed by atoms with Gasteiger partial charge in [0, 0.05) is 19.3 Å². The third-order valence-electron chi connectivity index (χ3n) is 3.85. The van der Waals surface area contributed by atoms with Crippen molar-refractivity contribution >= 4 is 28.2 Å². The second-order valence-corrected chi connectivity index (χ2v) is 7.19. The Balaban J connectivity index is 2.07. The van der Waals surface area contributed by atoms with Crippen molar-refractivity contribution in [2.24, 2.45) is 0 Å². The molecule has 7 nitrogen and oxygen atoms in total. The van der Waals surface area contributed by atoms with Gasteiger partial charge >= 0.3 is 6.03 Å². The number of carbonyl (C=O) groups excluding carboxylic acids is 1. The van der Waals surface area contributed by atoms with Gasteiger partial charge in [0.15, 0.2) is 11.4 Å². The highest BCUT2D eigenvalue weighted by molar-refractivity contribution is 7.16. The van der Waals surface area contributed by atoms with E-state index in [4.69, 9.17) is 4.74 Å². The summed E-state index contributed by atoms with van der Waals surface area (Å²) in [5.74, 6) is 0. The van der Waals surface area contributed by atoms with Crippen molar-refractivity contribution in [2.45, 2.75) is 33.9 Å². The summed E-state index contributed by atoms with van der Waals surface area (Å²) >= 11 is 1.24. The van der Waals surface area contributed by atoms with Crippen LogP contribution in [0.1, 0.15) is 33.5 Å². The maximum atomic E-state index is 11.8. The first-order valence-corrected chi connectivity index (χ1v) is 9.17. The van der Waals surface area contributed by atoms with E-state index in [2.05, 4.69) is 33.1 Å². The zero-order chi connectivity index (χ0) is 19.3. The average Bonchev–Trinajstić information content (AvgIpc) is 2.91. The Morgan fingerprint density at radius 3 is 2.54 bits per heavy atom. The number of aliphatic hydroxyl groups excluding tert-OH is 1. The molecule has 1 aromatic carbocycles. The predicted octanol–water partition coefficient (Wildman–Crippen LogP) is 3.25. The first kappa shape index (κ1) is 20.2. The SMILES string of the molecule is COCCNC(=O)Nc1nc(C)c([C@H](O)Nc2c(C)cc(C)cc2C)s1. The first-order chi connectivity index (χ1) is 12.3. The number of urea groups is 1. The van der Waals surface area contributed by atoms with Crippen molar-refractivity contribution in [1.29, 1.82) is 0 Å². The molecule has 0 fully saturated rings. The molecule has 0 spiro atoms. The van der Waals surface area contributed by atoms with Crippen LogP contribution in [0.3, 0.4) is 0 Å². The lowest BCUT2D eigenvalue weighted by atomic mass is 10.0. The van der Waals surface area contributed by atoms with E-state index in [1.807, 2.05) is 20.8 Å². The number of rotatable bonds is 7. The van der Waals surface area contributed by atoms with E-state index in [1.165, 1.54) is 16.9 Å². The van der Waals surface area contributed by atoms with Gasteiger partial charge in [-0.2, -0.15) is 0 Å². The van der Waals surface area contributed by atoms with Gasteiger partial charge < -0.3 is 20.5 Å². The van der Waals surface area contributed by atoms with E-state index in [-0.39, 0.29) is 6.03 Å². The third kappa shape index (κ3) is 5.17. The smallest absolute Gasteiger partial charge is 0.321 e. The van der Waals surface area contributed by atoms with Crippen molar-refractivity contribution in [1.82, 2.24) is 10.3 Å². The summed E-state index contributed by atoms with van der Waals surface area (Å²) in [5, 5.41) is 19.5. The number of amides is 2. The monoisotopic (exact) mass is 378 g/mol. The van der Waals surface area contributed by atoms with Crippen LogP contribution in [0.25, 0.3) is 0 Å². The van der Waals surface area contributed by atoms with E-state index < -0.39 is 6.23 Å². The molecular weight excluding hydrogens is 352 g/mol. The molecule has 1 atom stereocenters. The lowest BCUT2D eigenvalue weighted by Crippen LogP contribution is -2.31. The topological polar surface area (TPSA) is 95.5 Å². The highest BCUT2D eigenvalue weighted by Gasteiger charge is 2.18. The third-order valence-corrected chi connectivity index (χ3v) is 4.98. The number of aromatic nitrogens is 1. The first-order valence-electron chi connectivity index (χ1n) is 8.35. The number of nitrogens with one attached hydrogen (secondary N) is 3. The molecule has 2 aromatic rings. The Morgan fingerprint density at radius 1 is 1.27 bits per heavy atom. The number of ether oxygens (including phenoxy) is 1. The van der Waals surface area contributed by atoms with Gasteiger partial charge in [-0.25, -0.2) is 9.78 Å². The van der Waals surface area contributed by atoms with Gasteiger partial charge in [0.1, 0.15) is 0 Å². The zero-order valence-electron chi connectivity index (χ0n) is 15.8. The molecule has 2 amide bonds. The van der Waals surface area contributed by atoms with Crippen LogP contribution >= 0.6 is 11.3 Å². The normalized spacial score (nSPS) is 11.9. The summed E-state index contributed by atoms with van der Waals surface area (Å²) in [6.45, 7) is 8.71. The molecule has 0 saturated heterocycles. The van der Waals surface area contributed by atoms with Crippen molar-refractivity contribution in [2.75, 3.05) is 30.9 Å². The van der Waals surface area contributed by atoms with Gasteiger partial charge in [-0.05, 0) is 38.8 Å². The minimum atomic E-state index is -0.903. The molecule has 0 saturated carbocycles. The molecule has 0 aliphatic rings. The van der Waals surface area contributed by atoms with E-state index >= 15 is 0 Å². The number of benzene rings is 1. The molecular formula is C18H26N4O3S. The number of methoxy groups -OCH3 is 1. The summed E-state index contributed by atoms with van der Waals surface area (Å²) in [4.78, 5) is 16.8. The molecule has 8 heteroatoms. The lowest BCUT2D eigenvalue weighted by molar-refractivity contribution is 0.198. The number of thiazole rings is 1. The van der Waals surface area contributed by atoms with Crippen LogP contribution in [0.15, 0.2) is 12.1 Å². The van der Waals surface area contributed by atoms with Crippen LogP contribution in [0.5, 0.6) is 0 Å². The average molecular weight is 378 g/mol. The van der Waals surface area contributed by atoms with Crippen LogP contribution in [0.2, 0.25) is 0 Å². The number of nitrogens with zero attached hydrogens (tertiary/aromatic N) is 1. The summed E-state index contributed by atoms with van der Waals surface area (Å²) in [5.41, 5.74) is 4.89. The van der Waals surface area contributed by atoms with Gasteiger partial charge in [0.2, 0.25) is 0 Å². The Morgan fingerprint density at radius 2 is 1.92 bits per heavy atom. The van der Waals surface area contributed by atoms with Gasteiger partial charge in [-0.3, -0.25) is 5.32 Å². The second kappa shape index (κ2) is 8.98. The van der Waals surface area contributed by atoms with E-state index in [0.717, 1.165) is 16.8 Å². The number of aryl methyl sites for hydroxylation is 4. The molecule has 0 bridgehead atoms. The quantitative estimate of drug-likeness (QED) is 0.438. The van der Waals surface area contributed by atoms with Crippen molar-refractivity contribution < 1.29 is 14.6 Å². The maximum Gasteiger partial charge on any atom is 0.321 e. The van der Waals surface area contributed by atoms with Gasteiger partial charge in [0.25, 0.3) is 0 Å². The van der Waals surface area contributed by atoms with Crippen molar-refractivity contribution in [3.8, 4) is 0 Å². The minimum Gasteiger partial charge on any atom is -0.383 e. The van der Waals surface area contributed by atoms with Gasteiger partial charge in [0.05, 0.1) is 17.2 Å². The van der Waals surface area contributed by atoms with Crippen LogP contribution in [0.4, 0.5) is 15.6 Å². The molecule has 1 heterocycles.